The summed E-state index contributed by atoms with van der Waals surface area (Å²) in [6.45, 7) is 6.22. The van der Waals surface area contributed by atoms with Crippen molar-refractivity contribution in [3.63, 3.8) is 0 Å². The van der Waals surface area contributed by atoms with Crippen molar-refractivity contribution < 1.29 is 0 Å². The molecule has 0 aliphatic carbocycles. The number of hydrogen-bond acceptors (Lipinski definition) is 1. The van der Waals surface area contributed by atoms with E-state index in [2.05, 4.69) is 231 Å². The number of anilines is 2. The number of fused-ring (bicyclic) bond motifs is 1. The first-order valence-corrected chi connectivity index (χ1v) is 18.5. The average Bonchev–Trinajstić information content (AvgIpc) is 3.25. The zero-order valence-corrected chi connectivity index (χ0v) is 30.4. The zero-order valence-electron chi connectivity index (χ0n) is 30.4. The number of rotatable bonds is 10. The molecule has 8 rings (SSSR count). The van der Waals surface area contributed by atoms with Crippen molar-refractivity contribution in [2.24, 2.45) is 0 Å². The van der Waals surface area contributed by atoms with Gasteiger partial charge in [0.15, 0.2) is 0 Å². The Kier molecular flexibility index (Phi) is 9.95. The Morgan fingerprint density at radius 2 is 0.907 bits per heavy atom. The van der Waals surface area contributed by atoms with Crippen LogP contribution in [0.2, 0.25) is 0 Å². The highest BCUT2D eigenvalue weighted by molar-refractivity contribution is 5.98. The molecule has 1 heteroatoms. The van der Waals surface area contributed by atoms with Gasteiger partial charge in [0.1, 0.15) is 0 Å². The zero-order chi connectivity index (χ0) is 36.7. The van der Waals surface area contributed by atoms with E-state index in [0.717, 1.165) is 33.8 Å². The molecule has 0 aromatic heterocycles. The van der Waals surface area contributed by atoms with Crippen molar-refractivity contribution in [2.45, 2.75) is 6.92 Å². The number of hydrogen-bond donors (Lipinski definition) is 0. The summed E-state index contributed by atoms with van der Waals surface area (Å²) in [5.74, 6) is 0. The van der Waals surface area contributed by atoms with E-state index in [1.165, 1.54) is 49.7 Å². The minimum atomic E-state index is 1.07. The van der Waals surface area contributed by atoms with Gasteiger partial charge in [-0.3, -0.25) is 0 Å². The maximum absolute atomic E-state index is 4.10. The van der Waals surface area contributed by atoms with Crippen LogP contribution in [0.25, 0.3) is 60.9 Å². The highest BCUT2D eigenvalue weighted by Gasteiger charge is 2.20. The molecule has 0 aliphatic heterocycles. The highest BCUT2D eigenvalue weighted by atomic mass is 15.1. The molecule has 0 saturated heterocycles. The molecule has 258 valence electrons. The summed E-state index contributed by atoms with van der Waals surface area (Å²) in [7, 11) is 0. The van der Waals surface area contributed by atoms with Crippen LogP contribution >= 0.6 is 0 Å². The van der Waals surface area contributed by atoms with Crippen molar-refractivity contribution in [1.82, 2.24) is 0 Å². The van der Waals surface area contributed by atoms with Crippen LogP contribution in [0.4, 0.5) is 11.4 Å². The molecule has 0 bridgehead atoms. The first-order valence-electron chi connectivity index (χ1n) is 18.5. The Bertz CT molecular complexity index is 2570. The fraction of sp³-hybridized carbons (Fsp3) is 0.0189. The van der Waals surface area contributed by atoms with Crippen LogP contribution in [0.15, 0.2) is 231 Å². The number of nitrogens with zero attached hydrogens (tertiary/aromatic N) is 1. The van der Waals surface area contributed by atoms with Gasteiger partial charge in [0.25, 0.3) is 0 Å². The van der Waals surface area contributed by atoms with Crippen LogP contribution in [0.1, 0.15) is 12.5 Å². The van der Waals surface area contributed by atoms with Gasteiger partial charge in [-0.1, -0.05) is 201 Å². The standard InChI is InChI=1S/C53H41N/c1-3-18-49(40-19-8-5-9-20-40)52(4-2)54(45-35-31-42(32-36-45)48-28-16-26-39-23-14-15-27-47(39)48)46-37-33-43(34-38-46)51-30-17-29-50(41-21-10-6-11-22-41)53(51)44-24-12-7-13-25-44/h3-38H,1H2,2H3/b49-18-,52-4+. The van der Waals surface area contributed by atoms with Gasteiger partial charge in [-0.15, -0.1) is 0 Å². The molecule has 1 nitrogen and oxygen atoms in total. The van der Waals surface area contributed by atoms with E-state index in [-0.39, 0.29) is 0 Å². The SMILES string of the molecule is C=C/C=C(\C(=C/C)N(c1ccc(-c2cccc(-c3ccccc3)c2-c2ccccc2)cc1)c1ccc(-c2cccc3ccccc23)cc1)c1ccccc1. The fourth-order valence-electron chi connectivity index (χ4n) is 7.52. The second-order valence-electron chi connectivity index (χ2n) is 13.3. The van der Waals surface area contributed by atoms with Gasteiger partial charge in [0.2, 0.25) is 0 Å². The van der Waals surface area contributed by atoms with Crippen LogP contribution in [0.3, 0.4) is 0 Å². The van der Waals surface area contributed by atoms with E-state index >= 15 is 0 Å². The molecule has 0 saturated carbocycles. The van der Waals surface area contributed by atoms with Gasteiger partial charge < -0.3 is 4.90 Å². The van der Waals surface area contributed by atoms with Crippen LogP contribution in [0.5, 0.6) is 0 Å². The van der Waals surface area contributed by atoms with Crippen molar-refractivity contribution >= 4 is 27.7 Å². The third-order valence-electron chi connectivity index (χ3n) is 10.0. The lowest BCUT2D eigenvalue weighted by atomic mass is 9.87. The predicted octanol–water partition coefficient (Wildman–Crippen LogP) is 14.8. The van der Waals surface area contributed by atoms with Gasteiger partial charge in [0.05, 0.1) is 0 Å². The molecule has 0 unspecified atom stereocenters. The molecule has 0 amide bonds. The molecule has 8 aromatic rings. The molecule has 0 radical (unpaired) electrons. The summed E-state index contributed by atoms with van der Waals surface area (Å²) in [4.78, 5) is 2.36. The Hall–Kier alpha value is -6.96. The van der Waals surface area contributed by atoms with Gasteiger partial charge in [-0.25, -0.2) is 0 Å². The highest BCUT2D eigenvalue weighted by Crippen LogP contribution is 2.42. The van der Waals surface area contributed by atoms with Crippen molar-refractivity contribution in [3.8, 4) is 44.5 Å². The molecule has 0 fully saturated rings. The lowest BCUT2D eigenvalue weighted by Crippen LogP contribution is -2.17. The summed E-state index contributed by atoms with van der Waals surface area (Å²) in [6, 6.07) is 71.7. The maximum Gasteiger partial charge on any atom is 0.0497 e. The van der Waals surface area contributed by atoms with E-state index in [1.54, 1.807) is 0 Å². The fourth-order valence-corrected chi connectivity index (χ4v) is 7.52. The molecule has 0 atom stereocenters. The van der Waals surface area contributed by atoms with Crippen molar-refractivity contribution in [1.29, 1.82) is 0 Å². The molecular formula is C53H41N. The number of benzene rings is 8. The Balaban J connectivity index is 1.25. The van der Waals surface area contributed by atoms with E-state index in [4.69, 9.17) is 0 Å². The minimum absolute atomic E-state index is 1.07. The Labute approximate surface area is 319 Å². The van der Waals surface area contributed by atoms with Crippen molar-refractivity contribution in [3.05, 3.63) is 236 Å². The van der Waals surface area contributed by atoms with Gasteiger partial charge in [-0.05, 0) is 92.0 Å². The van der Waals surface area contributed by atoms with Crippen LogP contribution in [-0.2, 0) is 0 Å². The van der Waals surface area contributed by atoms with E-state index < -0.39 is 0 Å². The quantitative estimate of drug-likeness (QED) is 0.129. The Morgan fingerprint density at radius 1 is 0.444 bits per heavy atom. The second kappa shape index (κ2) is 15.7. The number of allylic oxidation sites excluding steroid dienone is 4. The van der Waals surface area contributed by atoms with Crippen LogP contribution < -0.4 is 4.90 Å². The molecule has 0 aliphatic rings. The second-order valence-corrected chi connectivity index (χ2v) is 13.3. The summed E-state index contributed by atoms with van der Waals surface area (Å²) in [6.07, 6.45) is 6.19. The van der Waals surface area contributed by atoms with Crippen molar-refractivity contribution in [2.75, 3.05) is 4.90 Å². The predicted molar refractivity (Wildman–Crippen MR) is 233 cm³/mol. The molecule has 0 spiro atoms. The van der Waals surface area contributed by atoms with Gasteiger partial charge in [-0.2, -0.15) is 0 Å². The summed E-state index contributed by atoms with van der Waals surface area (Å²) >= 11 is 0. The molecule has 0 heterocycles. The monoisotopic (exact) mass is 691 g/mol. The normalized spacial score (nSPS) is 11.7. The summed E-state index contributed by atoms with van der Waals surface area (Å²) in [5, 5.41) is 2.49. The lowest BCUT2D eigenvalue weighted by molar-refractivity contribution is 1.20. The Morgan fingerprint density at radius 3 is 1.50 bits per heavy atom. The third kappa shape index (κ3) is 6.84. The van der Waals surface area contributed by atoms with E-state index in [0.29, 0.717) is 0 Å². The molecular weight excluding hydrogens is 651 g/mol. The maximum atomic E-state index is 4.10. The first-order chi connectivity index (χ1) is 26.7. The first kappa shape index (κ1) is 34.1. The summed E-state index contributed by atoms with van der Waals surface area (Å²) < 4.78 is 0. The van der Waals surface area contributed by atoms with E-state index in [1.807, 2.05) is 6.08 Å². The van der Waals surface area contributed by atoms with Gasteiger partial charge in [0, 0.05) is 22.6 Å². The largest absolute Gasteiger partial charge is 0.310 e. The molecule has 0 N–H and O–H groups in total. The lowest BCUT2D eigenvalue weighted by Gasteiger charge is -2.30. The van der Waals surface area contributed by atoms with Crippen LogP contribution in [0, 0.1) is 0 Å². The average molecular weight is 692 g/mol. The third-order valence-corrected chi connectivity index (χ3v) is 10.0. The van der Waals surface area contributed by atoms with E-state index in [9.17, 15) is 0 Å². The minimum Gasteiger partial charge on any atom is -0.310 e. The molecule has 8 aromatic carbocycles. The topological polar surface area (TPSA) is 3.24 Å². The molecule has 54 heavy (non-hydrogen) atoms. The van der Waals surface area contributed by atoms with Gasteiger partial charge >= 0.3 is 0 Å². The van der Waals surface area contributed by atoms with Crippen LogP contribution in [-0.4, -0.2) is 0 Å². The smallest absolute Gasteiger partial charge is 0.0497 e. The summed E-state index contributed by atoms with van der Waals surface area (Å²) in [5.41, 5.74) is 15.0.